The number of aryl methyl sites for hydroxylation is 1. The van der Waals surface area contributed by atoms with Gasteiger partial charge in [-0.2, -0.15) is 0 Å². The summed E-state index contributed by atoms with van der Waals surface area (Å²) >= 11 is 7.02. The maximum absolute atomic E-state index is 11.0. The van der Waals surface area contributed by atoms with E-state index in [0.717, 1.165) is 10.5 Å². The maximum Gasteiger partial charge on any atom is 0.434 e. The van der Waals surface area contributed by atoms with Crippen LogP contribution in [0.25, 0.3) is 0 Å². The zero-order valence-corrected chi connectivity index (χ0v) is 15.9. The summed E-state index contributed by atoms with van der Waals surface area (Å²) in [6, 6.07) is 11.6. The Balaban J connectivity index is 2.22. The first-order valence-corrected chi connectivity index (χ1v) is 10.7. The third-order valence-corrected chi connectivity index (χ3v) is 6.21. The normalized spacial score (nSPS) is 13.1. The third-order valence-electron chi connectivity index (χ3n) is 3.11. The second-order valence-corrected chi connectivity index (χ2v) is 8.59. The van der Waals surface area contributed by atoms with Gasteiger partial charge < -0.3 is 14.2 Å². The minimum Gasteiger partial charge on any atom is -0.478 e. The number of carboxylic acids is 1. The molecule has 0 fully saturated rings. The summed E-state index contributed by atoms with van der Waals surface area (Å²) in [5.74, 6) is -0.210. The van der Waals surface area contributed by atoms with Gasteiger partial charge in [-0.05, 0) is 55.1 Å². The van der Waals surface area contributed by atoms with Crippen LogP contribution in [-0.2, 0) is 16.3 Å². The molecule has 5 nitrogen and oxygen atoms in total. The van der Waals surface area contributed by atoms with Crippen LogP contribution in [0.1, 0.15) is 15.9 Å². The van der Waals surface area contributed by atoms with Crippen LogP contribution < -0.4 is 9.05 Å². The van der Waals surface area contributed by atoms with Crippen LogP contribution in [-0.4, -0.2) is 24.4 Å². The van der Waals surface area contributed by atoms with Gasteiger partial charge >= 0.3 is 12.7 Å². The Labute approximate surface area is 150 Å². The Hall–Kier alpha value is -1.53. The van der Waals surface area contributed by atoms with E-state index < -0.39 is 12.7 Å². The third kappa shape index (κ3) is 4.74. The summed E-state index contributed by atoms with van der Waals surface area (Å²) in [6.45, 7) is -1.13. The van der Waals surface area contributed by atoms with Crippen LogP contribution in [0.4, 0.5) is 0 Å². The van der Waals surface area contributed by atoms with Crippen molar-refractivity contribution in [1.29, 1.82) is 0 Å². The molecular formula is C16H17O5PS2. The molecule has 0 saturated carbocycles. The number of benzene rings is 2. The molecular weight excluding hydrogens is 367 g/mol. The van der Waals surface area contributed by atoms with Gasteiger partial charge in [-0.1, -0.05) is 6.07 Å². The zero-order valence-electron chi connectivity index (χ0n) is 13.4. The van der Waals surface area contributed by atoms with Gasteiger partial charge in [0.05, 0.1) is 5.56 Å². The first kappa shape index (κ1) is 18.8. The van der Waals surface area contributed by atoms with Crippen molar-refractivity contribution in [3.05, 3.63) is 53.6 Å². The SMILES string of the molecule is COP(=S)(Oc1cccc(C(=O)O)c1)Oc1ccc(SC)c(C)c1. The number of aromatic carboxylic acids is 1. The van der Waals surface area contributed by atoms with Gasteiger partial charge in [-0.25, -0.2) is 4.79 Å². The van der Waals surface area contributed by atoms with Crippen molar-refractivity contribution in [3.8, 4) is 11.5 Å². The molecule has 0 radical (unpaired) electrons. The second kappa shape index (κ2) is 8.03. The minimum atomic E-state index is -3.10. The molecule has 2 aromatic rings. The number of hydrogen-bond acceptors (Lipinski definition) is 6. The number of carboxylic acid groups (broad SMARTS) is 1. The fourth-order valence-electron chi connectivity index (χ4n) is 1.94. The molecule has 1 unspecified atom stereocenters. The van der Waals surface area contributed by atoms with E-state index in [0.29, 0.717) is 5.75 Å². The second-order valence-electron chi connectivity index (χ2n) is 4.78. The van der Waals surface area contributed by atoms with Crippen molar-refractivity contribution in [3.63, 3.8) is 0 Å². The summed E-state index contributed by atoms with van der Waals surface area (Å²) < 4.78 is 16.7. The molecule has 1 atom stereocenters. The van der Waals surface area contributed by atoms with Gasteiger partial charge in [0.2, 0.25) is 0 Å². The fraction of sp³-hybridized carbons (Fsp3) is 0.188. The summed E-state index contributed by atoms with van der Waals surface area (Å²) in [7, 11) is 1.41. The summed E-state index contributed by atoms with van der Waals surface area (Å²) in [6.07, 6.45) is 2.00. The summed E-state index contributed by atoms with van der Waals surface area (Å²) in [5, 5.41) is 9.04. The highest BCUT2D eigenvalue weighted by Gasteiger charge is 2.23. The van der Waals surface area contributed by atoms with Gasteiger partial charge in [-0.3, -0.25) is 4.52 Å². The van der Waals surface area contributed by atoms with Crippen LogP contribution in [0, 0.1) is 6.92 Å². The summed E-state index contributed by atoms with van der Waals surface area (Å²) in [4.78, 5) is 12.2. The molecule has 0 saturated heterocycles. The molecule has 24 heavy (non-hydrogen) atoms. The zero-order chi connectivity index (χ0) is 17.7. The van der Waals surface area contributed by atoms with Crippen molar-refractivity contribution < 1.29 is 23.5 Å². The average molecular weight is 384 g/mol. The molecule has 128 valence electrons. The maximum atomic E-state index is 11.0. The monoisotopic (exact) mass is 384 g/mol. The van der Waals surface area contributed by atoms with Crippen LogP contribution >= 0.6 is 18.5 Å². The highest BCUT2D eigenvalue weighted by Crippen LogP contribution is 2.49. The van der Waals surface area contributed by atoms with E-state index in [-0.39, 0.29) is 11.3 Å². The number of hydrogen-bond donors (Lipinski definition) is 1. The van der Waals surface area contributed by atoms with Crippen molar-refractivity contribution in [2.45, 2.75) is 11.8 Å². The van der Waals surface area contributed by atoms with Crippen LogP contribution in [0.3, 0.4) is 0 Å². The molecule has 0 aliphatic heterocycles. The highest BCUT2D eigenvalue weighted by atomic mass is 32.5. The van der Waals surface area contributed by atoms with Gasteiger partial charge in [-0.15, -0.1) is 11.8 Å². The van der Waals surface area contributed by atoms with Crippen molar-refractivity contribution >= 4 is 36.3 Å². The Morgan fingerprint density at radius 2 is 1.83 bits per heavy atom. The van der Waals surface area contributed by atoms with E-state index in [2.05, 4.69) is 0 Å². The lowest BCUT2D eigenvalue weighted by atomic mass is 10.2. The first-order chi connectivity index (χ1) is 11.4. The Bertz CT molecular complexity index is 794. The van der Waals surface area contributed by atoms with Crippen molar-refractivity contribution in [2.75, 3.05) is 13.4 Å². The molecule has 8 heteroatoms. The van der Waals surface area contributed by atoms with E-state index in [1.54, 1.807) is 30.0 Å². The largest absolute Gasteiger partial charge is 0.478 e. The van der Waals surface area contributed by atoms with E-state index in [1.165, 1.54) is 19.2 Å². The smallest absolute Gasteiger partial charge is 0.434 e. The Morgan fingerprint density at radius 1 is 1.17 bits per heavy atom. The average Bonchev–Trinajstić information content (AvgIpc) is 2.55. The van der Waals surface area contributed by atoms with Gasteiger partial charge in [0, 0.05) is 23.8 Å². The van der Waals surface area contributed by atoms with Gasteiger partial charge in [0.1, 0.15) is 11.5 Å². The molecule has 0 heterocycles. The minimum absolute atomic E-state index is 0.102. The van der Waals surface area contributed by atoms with Crippen LogP contribution in [0.2, 0.25) is 0 Å². The molecule has 2 aromatic carbocycles. The molecule has 0 aromatic heterocycles. The molecule has 2 rings (SSSR count). The Morgan fingerprint density at radius 3 is 2.38 bits per heavy atom. The highest BCUT2D eigenvalue weighted by molar-refractivity contribution is 8.07. The topological polar surface area (TPSA) is 65.0 Å². The fourth-order valence-corrected chi connectivity index (χ4v) is 3.98. The van der Waals surface area contributed by atoms with E-state index >= 15 is 0 Å². The molecule has 0 bridgehead atoms. The van der Waals surface area contributed by atoms with Gasteiger partial charge in [0.15, 0.2) is 0 Å². The molecule has 0 amide bonds. The van der Waals surface area contributed by atoms with E-state index in [9.17, 15) is 4.79 Å². The molecule has 0 aliphatic carbocycles. The van der Waals surface area contributed by atoms with Crippen molar-refractivity contribution in [1.82, 2.24) is 0 Å². The van der Waals surface area contributed by atoms with Gasteiger partial charge in [0.25, 0.3) is 0 Å². The lowest BCUT2D eigenvalue weighted by Gasteiger charge is -2.21. The predicted octanol–water partition coefficient (Wildman–Crippen LogP) is 4.74. The number of rotatable bonds is 7. The Kier molecular flexibility index (Phi) is 6.29. The van der Waals surface area contributed by atoms with Crippen molar-refractivity contribution in [2.24, 2.45) is 0 Å². The van der Waals surface area contributed by atoms with Crippen LogP contribution in [0.15, 0.2) is 47.4 Å². The standard InChI is InChI=1S/C16H17O5PS2/c1-11-9-14(7-8-15(11)24-3)21-22(23,19-2)20-13-6-4-5-12(10-13)16(17)18/h4-10H,1-3H3,(H,17,18). The van der Waals surface area contributed by atoms with Crippen LogP contribution in [0.5, 0.6) is 11.5 Å². The summed E-state index contributed by atoms with van der Waals surface area (Å²) in [5.41, 5.74) is 1.16. The number of carbonyl (C=O) groups is 1. The molecule has 0 spiro atoms. The lowest BCUT2D eigenvalue weighted by molar-refractivity contribution is 0.0696. The van der Waals surface area contributed by atoms with E-state index in [1.807, 2.05) is 25.3 Å². The number of thioether (sulfide) groups is 1. The molecule has 0 aliphatic rings. The van der Waals surface area contributed by atoms with E-state index in [4.69, 9.17) is 30.5 Å². The first-order valence-electron chi connectivity index (χ1n) is 6.90. The lowest BCUT2D eigenvalue weighted by Crippen LogP contribution is -2.04. The predicted molar refractivity (Wildman–Crippen MR) is 98.9 cm³/mol. The molecule has 1 N–H and O–H groups in total. The quantitative estimate of drug-likeness (QED) is 0.546.